The zero-order chi connectivity index (χ0) is 16.5. The number of nitrogens with one attached hydrogen (secondary N) is 2. The predicted octanol–water partition coefficient (Wildman–Crippen LogP) is 3.86. The molecule has 2 amide bonds. The Morgan fingerprint density at radius 3 is 2.83 bits per heavy atom. The quantitative estimate of drug-likeness (QED) is 0.874. The van der Waals surface area contributed by atoms with E-state index < -0.39 is 0 Å². The van der Waals surface area contributed by atoms with Crippen molar-refractivity contribution in [3.63, 3.8) is 0 Å². The predicted molar refractivity (Wildman–Crippen MR) is 96.8 cm³/mol. The van der Waals surface area contributed by atoms with Crippen LogP contribution in [0.1, 0.15) is 34.3 Å². The number of amides is 2. The molecule has 0 radical (unpaired) electrons. The molecule has 2 aromatic carbocycles. The Morgan fingerprint density at radius 2 is 1.92 bits per heavy atom. The van der Waals surface area contributed by atoms with Crippen LogP contribution in [0.5, 0.6) is 0 Å². The maximum atomic E-state index is 12.5. The Bertz CT molecular complexity index is 832. The van der Waals surface area contributed by atoms with Gasteiger partial charge >= 0.3 is 0 Å². The van der Waals surface area contributed by atoms with Gasteiger partial charge in [-0.3, -0.25) is 9.59 Å². The number of fused-ring (bicyclic) bond motifs is 2. The van der Waals surface area contributed by atoms with Crippen molar-refractivity contribution in [2.75, 3.05) is 16.4 Å². The molecule has 0 fully saturated rings. The van der Waals surface area contributed by atoms with Gasteiger partial charge in [0.05, 0.1) is 5.69 Å². The molecule has 0 saturated carbocycles. The fourth-order valence-electron chi connectivity index (χ4n) is 3.21. The smallest absolute Gasteiger partial charge is 0.255 e. The van der Waals surface area contributed by atoms with Gasteiger partial charge in [0, 0.05) is 28.3 Å². The molecule has 2 aliphatic rings. The van der Waals surface area contributed by atoms with Crippen molar-refractivity contribution < 1.29 is 9.59 Å². The largest absolute Gasteiger partial charge is 0.325 e. The molecular formula is C19H18N2O2S. The molecule has 0 aromatic heterocycles. The number of benzene rings is 2. The summed E-state index contributed by atoms with van der Waals surface area (Å²) in [6.45, 7) is 0. The van der Waals surface area contributed by atoms with Gasteiger partial charge in [-0.05, 0) is 60.7 Å². The van der Waals surface area contributed by atoms with Crippen molar-refractivity contribution in [3.8, 4) is 0 Å². The minimum atomic E-state index is -0.153. The summed E-state index contributed by atoms with van der Waals surface area (Å²) in [5.74, 6) is 0.608. The van der Waals surface area contributed by atoms with Gasteiger partial charge in [-0.1, -0.05) is 6.07 Å². The highest BCUT2D eigenvalue weighted by molar-refractivity contribution is 7.99. The van der Waals surface area contributed by atoms with E-state index in [1.54, 1.807) is 17.8 Å². The zero-order valence-electron chi connectivity index (χ0n) is 13.2. The first-order valence-corrected chi connectivity index (χ1v) is 9.17. The maximum Gasteiger partial charge on any atom is 0.255 e. The molecule has 2 N–H and O–H groups in total. The first-order valence-electron chi connectivity index (χ1n) is 8.19. The Balaban J connectivity index is 1.55. The van der Waals surface area contributed by atoms with E-state index in [2.05, 4.69) is 22.8 Å². The Kier molecular flexibility index (Phi) is 4.02. The molecule has 0 unspecified atom stereocenters. The molecular weight excluding hydrogens is 320 g/mol. The normalized spacial score (nSPS) is 15.9. The standard InChI is InChI=1S/C19H18N2O2S/c22-18-8-9-24-17-7-5-14(11-16(17)21-18)19(23)20-15-6-4-12-2-1-3-13(12)10-15/h4-7,10-11H,1-3,8-9H2,(H,20,23)(H,21,22). The highest BCUT2D eigenvalue weighted by Gasteiger charge is 2.16. The van der Waals surface area contributed by atoms with Crippen LogP contribution in [-0.2, 0) is 17.6 Å². The van der Waals surface area contributed by atoms with Crippen molar-refractivity contribution in [3.05, 3.63) is 53.1 Å². The van der Waals surface area contributed by atoms with E-state index in [9.17, 15) is 9.59 Å². The summed E-state index contributed by atoms with van der Waals surface area (Å²) in [7, 11) is 0. The van der Waals surface area contributed by atoms with Crippen LogP contribution >= 0.6 is 11.8 Å². The van der Waals surface area contributed by atoms with Gasteiger partial charge < -0.3 is 10.6 Å². The lowest BCUT2D eigenvalue weighted by Gasteiger charge is -2.10. The summed E-state index contributed by atoms with van der Waals surface area (Å²) >= 11 is 1.64. The van der Waals surface area contributed by atoms with E-state index in [1.807, 2.05) is 18.2 Å². The van der Waals surface area contributed by atoms with E-state index >= 15 is 0 Å². The second-order valence-electron chi connectivity index (χ2n) is 6.15. The fourth-order valence-corrected chi connectivity index (χ4v) is 4.15. The second-order valence-corrected chi connectivity index (χ2v) is 7.29. The summed E-state index contributed by atoms with van der Waals surface area (Å²) < 4.78 is 0. The molecule has 0 spiro atoms. The average Bonchev–Trinajstić information content (AvgIpc) is 2.95. The second kappa shape index (κ2) is 6.32. The Morgan fingerprint density at radius 1 is 1.04 bits per heavy atom. The van der Waals surface area contributed by atoms with Crippen LogP contribution in [0.15, 0.2) is 41.3 Å². The number of rotatable bonds is 2. The number of thioether (sulfide) groups is 1. The molecule has 122 valence electrons. The molecule has 0 atom stereocenters. The molecule has 1 aliphatic heterocycles. The zero-order valence-corrected chi connectivity index (χ0v) is 14.0. The summed E-state index contributed by atoms with van der Waals surface area (Å²) in [6, 6.07) is 11.6. The summed E-state index contributed by atoms with van der Waals surface area (Å²) in [4.78, 5) is 25.2. The van der Waals surface area contributed by atoms with E-state index in [1.165, 1.54) is 17.5 Å². The highest BCUT2D eigenvalue weighted by Crippen LogP contribution is 2.32. The molecule has 1 heterocycles. The molecule has 0 bridgehead atoms. The lowest BCUT2D eigenvalue weighted by Crippen LogP contribution is -2.14. The van der Waals surface area contributed by atoms with E-state index in [4.69, 9.17) is 0 Å². The van der Waals surface area contributed by atoms with E-state index in [0.29, 0.717) is 12.0 Å². The Hall–Kier alpha value is -2.27. The average molecular weight is 338 g/mol. The number of anilines is 2. The van der Waals surface area contributed by atoms with Crippen LogP contribution in [0.2, 0.25) is 0 Å². The van der Waals surface area contributed by atoms with Gasteiger partial charge in [0.15, 0.2) is 0 Å². The van der Waals surface area contributed by atoms with Gasteiger partial charge in [-0.15, -0.1) is 11.8 Å². The van der Waals surface area contributed by atoms with Crippen LogP contribution in [0.4, 0.5) is 11.4 Å². The SMILES string of the molecule is O=C1CCSc2ccc(C(=O)Nc3ccc4c(c3)CCC4)cc2N1. The van der Waals surface area contributed by atoms with Crippen LogP contribution in [0, 0.1) is 0 Å². The van der Waals surface area contributed by atoms with E-state index in [0.717, 1.165) is 34.9 Å². The number of carbonyl (C=O) groups is 2. The monoisotopic (exact) mass is 338 g/mol. The number of aryl methyl sites for hydroxylation is 2. The molecule has 0 saturated heterocycles. The van der Waals surface area contributed by atoms with Crippen molar-refractivity contribution in [2.45, 2.75) is 30.6 Å². The van der Waals surface area contributed by atoms with Crippen LogP contribution in [0.25, 0.3) is 0 Å². The summed E-state index contributed by atoms with van der Waals surface area (Å²) in [5, 5.41) is 5.84. The Labute approximate surface area is 145 Å². The van der Waals surface area contributed by atoms with Crippen molar-refractivity contribution >= 4 is 35.0 Å². The molecule has 4 nitrogen and oxygen atoms in total. The minimum absolute atomic E-state index is 0.00238. The van der Waals surface area contributed by atoms with E-state index in [-0.39, 0.29) is 11.8 Å². The topological polar surface area (TPSA) is 58.2 Å². The van der Waals surface area contributed by atoms with Gasteiger partial charge in [-0.2, -0.15) is 0 Å². The van der Waals surface area contributed by atoms with Crippen LogP contribution in [-0.4, -0.2) is 17.6 Å². The van der Waals surface area contributed by atoms with Gasteiger partial charge in [-0.25, -0.2) is 0 Å². The molecule has 4 rings (SSSR count). The summed E-state index contributed by atoms with van der Waals surface area (Å²) in [6.07, 6.45) is 3.90. The molecule has 2 aromatic rings. The van der Waals surface area contributed by atoms with Crippen molar-refractivity contribution in [1.29, 1.82) is 0 Å². The highest BCUT2D eigenvalue weighted by atomic mass is 32.2. The van der Waals surface area contributed by atoms with Gasteiger partial charge in [0.25, 0.3) is 5.91 Å². The van der Waals surface area contributed by atoms with Crippen molar-refractivity contribution in [1.82, 2.24) is 0 Å². The molecule has 5 heteroatoms. The summed E-state index contributed by atoms with van der Waals surface area (Å²) in [5.41, 5.74) is 4.83. The van der Waals surface area contributed by atoms with Gasteiger partial charge in [0.2, 0.25) is 5.91 Å². The van der Waals surface area contributed by atoms with Crippen LogP contribution in [0.3, 0.4) is 0 Å². The van der Waals surface area contributed by atoms with Crippen LogP contribution < -0.4 is 10.6 Å². The number of carbonyl (C=O) groups excluding carboxylic acids is 2. The first kappa shape index (κ1) is 15.3. The number of hydrogen-bond acceptors (Lipinski definition) is 3. The number of hydrogen-bond donors (Lipinski definition) is 2. The van der Waals surface area contributed by atoms with Gasteiger partial charge in [0.1, 0.15) is 0 Å². The third kappa shape index (κ3) is 3.04. The lowest BCUT2D eigenvalue weighted by atomic mass is 10.1. The molecule has 1 aliphatic carbocycles. The third-order valence-electron chi connectivity index (χ3n) is 4.46. The van der Waals surface area contributed by atoms with Crippen molar-refractivity contribution in [2.24, 2.45) is 0 Å². The lowest BCUT2D eigenvalue weighted by molar-refractivity contribution is -0.115. The minimum Gasteiger partial charge on any atom is -0.325 e. The molecule has 24 heavy (non-hydrogen) atoms. The fraction of sp³-hybridized carbons (Fsp3) is 0.263. The first-order chi connectivity index (χ1) is 11.7. The third-order valence-corrected chi connectivity index (χ3v) is 5.53. The maximum absolute atomic E-state index is 12.5.